The Hall–Kier alpha value is -2.27. The number of rotatable bonds is 5. The van der Waals surface area contributed by atoms with Crippen molar-refractivity contribution >= 4 is 29.6 Å². The zero-order valence-electron chi connectivity index (χ0n) is 15.3. The lowest BCUT2D eigenvalue weighted by molar-refractivity contribution is -0.139. The molecule has 3 heterocycles. The molecule has 0 saturated carbocycles. The summed E-state index contributed by atoms with van der Waals surface area (Å²) in [7, 11) is -1.78. The summed E-state index contributed by atoms with van der Waals surface area (Å²) < 4.78 is 17.9. The lowest BCUT2D eigenvalue weighted by atomic mass is 9.81. The van der Waals surface area contributed by atoms with Gasteiger partial charge in [-0.1, -0.05) is 0 Å². The molecule has 2 aromatic heterocycles. The van der Waals surface area contributed by atoms with Crippen molar-refractivity contribution in [3.05, 3.63) is 34.2 Å². The van der Waals surface area contributed by atoms with Crippen molar-refractivity contribution in [1.29, 1.82) is 0 Å². The van der Waals surface area contributed by atoms with E-state index in [0.717, 1.165) is 0 Å². The Kier molecular flexibility index (Phi) is 5.34. The molecule has 2 aromatic rings. The van der Waals surface area contributed by atoms with E-state index >= 15 is 0 Å². The van der Waals surface area contributed by atoms with Gasteiger partial charge in [0.25, 0.3) is 0 Å². The van der Waals surface area contributed by atoms with Crippen LogP contribution >= 0.6 is 0 Å². The van der Waals surface area contributed by atoms with Crippen LogP contribution in [-0.2, 0) is 20.8 Å². The van der Waals surface area contributed by atoms with E-state index in [0.29, 0.717) is 18.8 Å². The molecule has 0 aromatic carbocycles. The number of hydrogen-bond acceptors (Lipinski definition) is 8. The summed E-state index contributed by atoms with van der Waals surface area (Å²) in [6, 6.07) is 1.31. The summed E-state index contributed by atoms with van der Waals surface area (Å²) in [5, 5.41) is 18.8. The van der Waals surface area contributed by atoms with Crippen molar-refractivity contribution in [2.45, 2.75) is 39.2 Å². The van der Waals surface area contributed by atoms with E-state index in [-0.39, 0.29) is 29.1 Å². The van der Waals surface area contributed by atoms with E-state index in [1.165, 1.54) is 18.5 Å². The van der Waals surface area contributed by atoms with Gasteiger partial charge in [0.15, 0.2) is 5.79 Å². The SMILES string of the molecule is CCOC(=O)c1cn(CC2COC(C)(C)O2)c2ncc(B(O)O)cc2c1=O. The summed E-state index contributed by atoms with van der Waals surface area (Å²) in [4.78, 5) is 29.1. The third-order valence-corrected chi connectivity index (χ3v) is 4.20. The smallest absolute Gasteiger partial charge is 0.462 e. The Morgan fingerprint density at radius 2 is 2.22 bits per heavy atom. The Morgan fingerprint density at radius 3 is 2.81 bits per heavy atom. The molecule has 1 atom stereocenters. The molecule has 27 heavy (non-hydrogen) atoms. The number of hydrogen-bond donors (Lipinski definition) is 2. The maximum atomic E-state index is 12.7. The van der Waals surface area contributed by atoms with Crippen LogP contribution in [0.25, 0.3) is 11.0 Å². The molecule has 0 radical (unpaired) electrons. The number of esters is 1. The highest BCUT2D eigenvalue weighted by atomic mass is 16.7. The van der Waals surface area contributed by atoms with Gasteiger partial charge in [0, 0.05) is 17.9 Å². The van der Waals surface area contributed by atoms with Gasteiger partial charge >= 0.3 is 13.1 Å². The zero-order valence-corrected chi connectivity index (χ0v) is 15.3. The number of carbonyl (C=O) groups is 1. The van der Waals surface area contributed by atoms with Crippen molar-refractivity contribution in [2.24, 2.45) is 0 Å². The third kappa shape index (κ3) is 4.03. The number of fused-ring (bicyclic) bond motifs is 1. The minimum absolute atomic E-state index is 0.0498. The molecule has 1 aliphatic heterocycles. The molecule has 10 heteroatoms. The minimum Gasteiger partial charge on any atom is -0.462 e. The first kappa shape index (κ1) is 19.5. The van der Waals surface area contributed by atoms with Crippen LogP contribution in [0.4, 0.5) is 0 Å². The van der Waals surface area contributed by atoms with Gasteiger partial charge in [-0.05, 0) is 26.8 Å². The Morgan fingerprint density at radius 1 is 1.48 bits per heavy atom. The van der Waals surface area contributed by atoms with Crippen LogP contribution in [0, 0.1) is 0 Å². The van der Waals surface area contributed by atoms with Gasteiger partial charge in [0.2, 0.25) is 5.43 Å². The topological polar surface area (TPSA) is 120 Å². The molecular weight excluding hydrogens is 355 g/mol. The highest BCUT2D eigenvalue weighted by molar-refractivity contribution is 6.58. The van der Waals surface area contributed by atoms with Crippen LogP contribution in [0.1, 0.15) is 31.1 Å². The van der Waals surface area contributed by atoms with Gasteiger partial charge in [-0.25, -0.2) is 9.78 Å². The van der Waals surface area contributed by atoms with Crippen LogP contribution in [0.2, 0.25) is 0 Å². The number of carbonyl (C=O) groups excluding carboxylic acids is 1. The molecule has 1 saturated heterocycles. The van der Waals surface area contributed by atoms with Crippen molar-refractivity contribution < 1.29 is 29.1 Å². The number of aromatic nitrogens is 2. The van der Waals surface area contributed by atoms with Crippen molar-refractivity contribution in [1.82, 2.24) is 9.55 Å². The van der Waals surface area contributed by atoms with Crippen molar-refractivity contribution in [3.63, 3.8) is 0 Å². The van der Waals surface area contributed by atoms with E-state index in [9.17, 15) is 19.6 Å². The fraction of sp³-hybridized carbons (Fsp3) is 0.471. The van der Waals surface area contributed by atoms with E-state index < -0.39 is 24.3 Å². The standard InChI is InChI=1S/C17H21BN2O7/c1-4-25-16(22)13-8-20(7-11-9-26-17(2,3)27-11)15-12(14(13)21)5-10(6-19-15)18(23)24/h5-6,8,11,23-24H,4,7,9H2,1-3H3. The second-order valence-corrected chi connectivity index (χ2v) is 6.71. The largest absolute Gasteiger partial charge is 0.490 e. The Bertz CT molecular complexity index is 925. The lowest BCUT2D eigenvalue weighted by Crippen LogP contribution is -2.32. The summed E-state index contributed by atoms with van der Waals surface area (Å²) in [6.45, 7) is 6.01. The predicted octanol–water partition coefficient (Wildman–Crippen LogP) is -0.595. The summed E-state index contributed by atoms with van der Waals surface area (Å²) >= 11 is 0. The molecule has 3 rings (SSSR count). The predicted molar refractivity (Wildman–Crippen MR) is 96.7 cm³/mol. The van der Waals surface area contributed by atoms with E-state index in [1.807, 2.05) is 0 Å². The Balaban J connectivity index is 2.11. The van der Waals surface area contributed by atoms with Crippen LogP contribution < -0.4 is 10.9 Å². The normalized spacial score (nSPS) is 18.6. The molecule has 0 spiro atoms. The first-order chi connectivity index (χ1) is 12.7. The molecule has 2 N–H and O–H groups in total. The summed E-state index contributed by atoms with van der Waals surface area (Å²) in [5.74, 6) is -1.47. The first-order valence-corrected chi connectivity index (χ1v) is 8.60. The summed E-state index contributed by atoms with van der Waals surface area (Å²) in [6.07, 6.45) is 2.35. The van der Waals surface area contributed by atoms with E-state index in [1.54, 1.807) is 25.3 Å². The quantitative estimate of drug-likeness (QED) is 0.525. The molecule has 1 fully saturated rings. The van der Waals surface area contributed by atoms with Gasteiger partial charge in [-0.3, -0.25) is 4.79 Å². The monoisotopic (exact) mass is 376 g/mol. The molecule has 0 aliphatic carbocycles. The molecule has 144 valence electrons. The van der Waals surface area contributed by atoms with E-state index in [4.69, 9.17) is 14.2 Å². The average molecular weight is 376 g/mol. The maximum Gasteiger partial charge on any atom is 0.490 e. The van der Waals surface area contributed by atoms with Crippen molar-refractivity contribution in [2.75, 3.05) is 13.2 Å². The first-order valence-electron chi connectivity index (χ1n) is 8.60. The second kappa shape index (κ2) is 7.39. The molecule has 9 nitrogen and oxygen atoms in total. The van der Waals surface area contributed by atoms with Crippen LogP contribution in [-0.4, -0.2) is 57.8 Å². The molecule has 0 bridgehead atoms. The highest BCUT2D eigenvalue weighted by Crippen LogP contribution is 2.24. The zero-order chi connectivity index (χ0) is 19.8. The van der Waals surface area contributed by atoms with E-state index in [2.05, 4.69) is 4.98 Å². The van der Waals surface area contributed by atoms with Crippen LogP contribution in [0.3, 0.4) is 0 Å². The minimum atomic E-state index is -1.78. The van der Waals surface area contributed by atoms with Gasteiger partial charge in [-0.2, -0.15) is 0 Å². The fourth-order valence-electron chi connectivity index (χ4n) is 3.00. The second-order valence-electron chi connectivity index (χ2n) is 6.71. The van der Waals surface area contributed by atoms with Gasteiger partial charge in [0.05, 0.1) is 25.1 Å². The molecule has 0 amide bonds. The van der Waals surface area contributed by atoms with Crippen LogP contribution in [0.5, 0.6) is 0 Å². The highest BCUT2D eigenvalue weighted by Gasteiger charge is 2.33. The van der Waals surface area contributed by atoms with Gasteiger partial charge in [-0.15, -0.1) is 0 Å². The average Bonchev–Trinajstić information content (AvgIpc) is 2.95. The fourth-order valence-corrected chi connectivity index (χ4v) is 3.00. The lowest BCUT2D eigenvalue weighted by Gasteiger charge is -2.19. The maximum absolute atomic E-state index is 12.7. The molecular formula is C17H21BN2O7. The van der Waals surface area contributed by atoms with Crippen LogP contribution in [0.15, 0.2) is 23.3 Å². The Labute approximate surface area is 155 Å². The summed E-state index contributed by atoms with van der Waals surface area (Å²) in [5.41, 5.74) is -0.396. The molecule has 1 aliphatic rings. The number of nitrogens with zero attached hydrogens (tertiary/aromatic N) is 2. The number of pyridine rings is 2. The molecule has 1 unspecified atom stereocenters. The number of ether oxygens (including phenoxy) is 3. The third-order valence-electron chi connectivity index (χ3n) is 4.20. The van der Waals surface area contributed by atoms with Gasteiger partial charge in [0.1, 0.15) is 17.3 Å². The van der Waals surface area contributed by atoms with Gasteiger partial charge < -0.3 is 28.8 Å². The van der Waals surface area contributed by atoms with Crippen molar-refractivity contribution in [3.8, 4) is 0 Å².